The molecule has 6 heteroatoms. The number of hydrogen-bond donors (Lipinski definition) is 0. The SMILES string of the molecule is CCC[CH2][Sn]([CH2]CCC)([CH2]CCC)[CH]1C=C[C@H](CC(=O)OCC)N(C(=O)OC)C1. The van der Waals surface area contributed by atoms with Crippen LogP contribution in [0.3, 0.4) is 0 Å². The number of methoxy groups -OCH3 is 1. The Morgan fingerprint density at radius 2 is 1.52 bits per heavy atom. The van der Waals surface area contributed by atoms with Gasteiger partial charge in [-0.15, -0.1) is 0 Å². The van der Waals surface area contributed by atoms with Gasteiger partial charge in [0, 0.05) is 0 Å². The zero-order valence-electron chi connectivity index (χ0n) is 19.4. The summed E-state index contributed by atoms with van der Waals surface area (Å²) in [6.45, 7) is 9.72. The van der Waals surface area contributed by atoms with E-state index in [1.807, 2.05) is 0 Å². The molecule has 0 fully saturated rings. The molecule has 1 amide bonds. The second-order valence-corrected chi connectivity index (χ2v) is 22.5. The average Bonchev–Trinajstić information content (AvgIpc) is 2.73. The van der Waals surface area contributed by atoms with Crippen LogP contribution in [0.1, 0.15) is 72.6 Å². The van der Waals surface area contributed by atoms with Gasteiger partial charge in [-0.3, -0.25) is 0 Å². The fraction of sp³-hybridized carbons (Fsp3) is 0.826. The predicted molar refractivity (Wildman–Crippen MR) is 122 cm³/mol. The van der Waals surface area contributed by atoms with Gasteiger partial charge in [0.2, 0.25) is 0 Å². The summed E-state index contributed by atoms with van der Waals surface area (Å²) in [5.41, 5.74) is 0. The molecular formula is C23H43NO4Sn. The van der Waals surface area contributed by atoms with Gasteiger partial charge in [0.1, 0.15) is 0 Å². The molecule has 0 spiro atoms. The van der Waals surface area contributed by atoms with Crippen molar-refractivity contribution in [2.45, 2.75) is 95.9 Å². The number of hydrogen-bond acceptors (Lipinski definition) is 4. The molecule has 0 aliphatic carbocycles. The van der Waals surface area contributed by atoms with Crippen LogP contribution in [0.2, 0.25) is 17.2 Å². The number of carbonyl (C=O) groups excluding carboxylic acids is 2. The Labute approximate surface area is 182 Å². The van der Waals surface area contributed by atoms with Gasteiger partial charge in [0.05, 0.1) is 0 Å². The van der Waals surface area contributed by atoms with Crippen molar-refractivity contribution in [3.8, 4) is 0 Å². The molecule has 0 aromatic rings. The molecule has 0 saturated carbocycles. The molecule has 0 N–H and O–H groups in total. The number of rotatable bonds is 13. The Balaban J connectivity index is 3.16. The van der Waals surface area contributed by atoms with Crippen molar-refractivity contribution in [2.24, 2.45) is 0 Å². The van der Waals surface area contributed by atoms with Crippen LogP contribution in [0.15, 0.2) is 12.2 Å². The molecule has 1 unspecified atom stereocenters. The van der Waals surface area contributed by atoms with E-state index in [1.54, 1.807) is 11.8 Å². The summed E-state index contributed by atoms with van der Waals surface area (Å²) in [6, 6.07) is -0.259. The van der Waals surface area contributed by atoms with E-state index in [2.05, 4.69) is 32.9 Å². The first-order valence-electron chi connectivity index (χ1n) is 11.7. The van der Waals surface area contributed by atoms with E-state index in [0.29, 0.717) is 17.1 Å². The van der Waals surface area contributed by atoms with E-state index >= 15 is 0 Å². The van der Waals surface area contributed by atoms with Crippen LogP contribution in [0.4, 0.5) is 4.79 Å². The minimum atomic E-state index is -2.52. The van der Waals surface area contributed by atoms with Crippen molar-refractivity contribution in [3.63, 3.8) is 0 Å². The molecule has 168 valence electrons. The monoisotopic (exact) mass is 517 g/mol. The van der Waals surface area contributed by atoms with Crippen LogP contribution >= 0.6 is 0 Å². The van der Waals surface area contributed by atoms with Crippen molar-refractivity contribution >= 4 is 30.4 Å². The minimum absolute atomic E-state index is 0.202. The molecule has 1 rings (SSSR count). The molecule has 2 atom stereocenters. The van der Waals surface area contributed by atoms with Crippen LogP contribution < -0.4 is 0 Å². The van der Waals surface area contributed by atoms with Gasteiger partial charge in [-0.1, -0.05) is 0 Å². The fourth-order valence-electron chi connectivity index (χ4n) is 4.59. The summed E-state index contributed by atoms with van der Waals surface area (Å²) >= 11 is -2.52. The number of unbranched alkanes of at least 4 members (excludes halogenated alkanes) is 3. The average molecular weight is 516 g/mol. The van der Waals surface area contributed by atoms with Crippen molar-refractivity contribution in [3.05, 3.63) is 12.2 Å². The first kappa shape index (κ1) is 26.3. The normalized spacial score (nSPS) is 19.3. The fourth-order valence-corrected chi connectivity index (χ4v) is 22.1. The summed E-state index contributed by atoms with van der Waals surface area (Å²) in [6.07, 6.45) is 12.0. The molecule has 5 nitrogen and oxygen atoms in total. The Morgan fingerprint density at radius 1 is 0.966 bits per heavy atom. The van der Waals surface area contributed by atoms with E-state index in [-0.39, 0.29) is 24.5 Å². The number of esters is 1. The molecule has 0 bridgehead atoms. The summed E-state index contributed by atoms with van der Waals surface area (Å²) in [5.74, 6) is -0.257. The Morgan fingerprint density at radius 3 is 1.97 bits per heavy atom. The third-order valence-corrected chi connectivity index (χ3v) is 23.4. The van der Waals surface area contributed by atoms with Gasteiger partial charge in [0.25, 0.3) is 0 Å². The summed E-state index contributed by atoms with van der Waals surface area (Å²) in [7, 11) is 1.43. The third kappa shape index (κ3) is 8.14. The Hall–Kier alpha value is -0.721. The van der Waals surface area contributed by atoms with E-state index in [4.69, 9.17) is 9.47 Å². The summed E-state index contributed by atoms with van der Waals surface area (Å²) in [5, 5.41) is 0. The maximum absolute atomic E-state index is 12.6. The van der Waals surface area contributed by atoms with E-state index in [1.165, 1.54) is 58.9 Å². The van der Waals surface area contributed by atoms with Crippen molar-refractivity contribution in [1.29, 1.82) is 0 Å². The molecule has 1 aliphatic heterocycles. The van der Waals surface area contributed by atoms with Gasteiger partial charge in [-0.25, -0.2) is 0 Å². The van der Waals surface area contributed by atoms with E-state index < -0.39 is 18.4 Å². The van der Waals surface area contributed by atoms with Crippen LogP contribution in [0.25, 0.3) is 0 Å². The van der Waals surface area contributed by atoms with Gasteiger partial charge < -0.3 is 0 Å². The molecule has 1 aliphatic rings. The number of amides is 1. The molecule has 0 saturated heterocycles. The van der Waals surface area contributed by atoms with Crippen LogP contribution in [0, 0.1) is 0 Å². The molecular weight excluding hydrogens is 473 g/mol. The second kappa shape index (κ2) is 14.3. The molecule has 0 aromatic carbocycles. The van der Waals surface area contributed by atoms with E-state index in [0.717, 1.165) is 0 Å². The predicted octanol–water partition coefficient (Wildman–Crippen LogP) is 6.17. The maximum atomic E-state index is 12.6. The van der Waals surface area contributed by atoms with Crippen LogP contribution in [-0.2, 0) is 14.3 Å². The first-order valence-corrected chi connectivity index (χ1v) is 19.4. The molecule has 0 radical (unpaired) electrons. The van der Waals surface area contributed by atoms with E-state index in [9.17, 15) is 9.59 Å². The third-order valence-electron chi connectivity index (χ3n) is 6.32. The summed E-state index contributed by atoms with van der Waals surface area (Å²) < 4.78 is 14.9. The zero-order chi connectivity index (χ0) is 21.7. The van der Waals surface area contributed by atoms with Gasteiger partial charge in [0.15, 0.2) is 0 Å². The number of nitrogens with zero attached hydrogens (tertiary/aromatic N) is 1. The van der Waals surface area contributed by atoms with Gasteiger partial charge in [-0.2, -0.15) is 0 Å². The zero-order valence-corrected chi connectivity index (χ0v) is 22.2. The second-order valence-electron chi connectivity index (χ2n) is 8.36. The van der Waals surface area contributed by atoms with Crippen LogP contribution in [0.5, 0.6) is 0 Å². The summed E-state index contributed by atoms with van der Waals surface area (Å²) in [4.78, 5) is 26.4. The van der Waals surface area contributed by atoms with Gasteiger partial charge in [-0.05, 0) is 0 Å². The Kier molecular flexibility index (Phi) is 13.0. The van der Waals surface area contributed by atoms with Crippen molar-refractivity contribution < 1.29 is 19.1 Å². The van der Waals surface area contributed by atoms with Crippen LogP contribution in [-0.4, -0.2) is 61.6 Å². The number of ether oxygens (including phenoxy) is 2. The Bertz CT molecular complexity index is 501. The molecule has 1 heterocycles. The van der Waals surface area contributed by atoms with Gasteiger partial charge >= 0.3 is 183 Å². The topological polar surface area (TPSA) is 55.8 Å². The molecule has 29 heavy (non-hydrogen) atoms. The standard InChI is InChI=1S/C11H16NO4.3C4H9.Sn/c1-3-16-10(13)8-9-6-4-5-7-12(9)11(14)15-2;3*1-3-4-2;/h4-6,9H,3,7-8H2,1-2H3;3*1,3-4H2,2H3;/t9-;;;;/m1..../s1. The van der Waals surface area contributed by atoms with Crippen molar-refractivity contribution in [2.75, 3.05) is 20.3 Å². The quantitative estimate of drug-likeness (QED) is 0.167. The molecule has 0 aromatic heterocycles. The van der Waals surface area contributed by atoms with Crippen molar-refractivity contribution in [1.82, 2.24) is 4.90 Å². The number of carbonyl (C=O) groups is 2. The first-order chi connectivity index (χ1) is 14.0.